The number of hydrogen-bond donors (Lipinski definition) is 0. The van der Waals surface area contributed by atoms with E-state index in [0.29, 0.717) is 0 Å². The molecule has 0 bridgehead atoms. The topological polar surface area (TPSA) is 3.24 Å². The lowest BCUT2D eigenvalue weighted by molar-refractivity contribution is 0.0444. The second kappa shape index (κ2) is 5.27. The molecule has 0 radical (unpaired) electrons. The van der Waals surface area contributed by atoms with Crippen molar-refractivity contribution in [3.8, 4) is 0 Å². The van der Waals surface area contributed by atoms with Crippen molar-refractivity contribution in [1.82, 2.24) is 4.90 Å². The summed E-state index contributed by atoms with van der Waals surface area (Å²) >= 11 is 0. The Morgan fingerprint density at radius 3 is 1.59 bits per heavy atom. The first-order valence-electron chi connectivity index (χ1n) is 6.72. The molecule has 17 heavy (non-hydrogen) atoms. The van der Waals surface area contributed by atoms with E-state index >= 15 is 0 Å². The van der Waals surface area contributed by atoms with Crippen molar-refractivity contribution in [1.29, 1.82) is 0 Å². The summed E-state index contributed by atoms with van der Waals surface area (Å²) in [6.45, 7) is 26.3. The molecule has 0 aliphatic rings. The molecule has 0 aliphatic heterocycles. The highest BCUT2D eigenvalue weighted by Gasteiger charge is 2.33. The lowest BCUT2D eigenvalue weighted by Gasteiger charge is -2.46. The molecule has 0 fully saturated rings. The third-order valence-corrected chi connectivity index (χ3v) is 7.52. The van der Waals surface area contributed by atoms with Crippen LogP contribution in [0, 0.1) is 0 Å². The van der Waals surface area contributed by atoms with E-state index in [4.69, 9.17) is 0 Å². The highest BCUT2D eigenvalue weighted by atomic mass is 28.3. The molecule has 0 amide bonds. The van der Waals surface area contributed by atoms with Gasteiger partial charge in [-0.1, -0.05) is 18.3 Å². The normalized spacial score (nSPS) is 14.2. The molecule has 0 saturated heterocycles. The van der Waals surface area contributed by atoms with Crippen LogP contribution in [0.15, 0.2) is 11.8 Å². The van der Waals surface area contributed by atoms with E-state index in [9.17, 15) is 0 Å². The van der Waals surface area contributed by atoms with Crippen molar-refractivity contribution in [2.45, 2.75) is 78.7 Å². The van der Waals surface area contributed by atoms with Gasteiger partial charge in [0.1, 0.15) is 0 Å². The van der Waals surface area contributed by atoms with Gasteiger partial charge in [-0.05, 0) is 61.1 Å². The Bertz CT molecular complexity index is 252. The Hall–Kier alpha value is -0.0831. The molecule has 0 atom stereocenters. The van der Waals surface area contributed by atoms with Crippen LogP contribution in [-0.2, 0) is 0 Å². The van der Waals surface area contributed by atoms with Gasteiger partial charge < -0.3 is 0 Å². The molecule has 0 aliphatic carbocycles. The Morgan fingerprint density at radius 2 is 1.35 bits per heavy atom. The lowest BCUT2D eigenvalue weighted by atomic mass is 9.96. The highest BCUT2D eigenvalue weighted by Crippen LogP contribution is 2.27. The van der Waals surface area contributed by atoms with Gasteiger partial charge in [0.2, 0.25) is 0 Å². The van der Waals surface area contributed by atoms with Crippen molar-refractivity contribution in [3.63, 3.8) is 0 Å². The van der Waals surface area contributed by atoms with E-state index in [0.717, 1.165) is 0 Å². The quantitative estimate of drug-likeness (QED) is 0.658. The van der Waals surface area contributed by atoms with Gasteiger partial charge >= 0.3 is 0 Å². The molecule has 1 nitrogen and oxygen atoms in total. The first-order valence-corrected chi connectivity index (χ1v) is 9.93. The molecule has 0 aromatic rings. The first kappa shape index (κ1) is 16.9. The third-order valence-electron chi connectivity index (χ3n) is 3.74. The Balaban J connectivity index is 4.77. The minimum Gasteiger partial charge on any atom is -0.294 e. The average Bonchev–Trinajstić information content (AvgIpc) is 1.97. The standard InChI is InChI=1S/C15H33NSi/c1-13(2)17(9,10)12-11-16(14(3,4)5)15(6,7)8/h1,11-12H2,2-10H3. The van der Waals surface area contributed by atoms with E-state index in [1.165, 1.54) is 17.8 Å². The second-order valence-electron chi connectivity index (χ2n) is 7.91. The van der Waals surface area contributed by atoms with Crippen LogP contribution in [0.5, 0.6) is 0 Å². The number of rotatable bonds is 4. The van der Waals surface area contributed by atoms with E-state index in [1.807, 2.05) is 0 Å². The maximum absolute atomic E-state index is 4.17. The molecule has 0 aromatic heterocycles. The zero-order chi connectivity index (χ0) is 14.1. The minimum absolute atomic E-state index is 0.234. The predicted octanol–water partition coefficient (Wildman–Crippen LogP) is 4.71. The van der Waals surface area contributed by atoms with Gasteiger partial charge in [0.25, 0.3) is 0 Å². The summed E-state index contributed by atoms with van der Waals surface area (Å²) in [5.41, 5.74) is 0.468. The molecular formula is C15H33NSi. The molecule has 0 saturated carbocycles. The molecule has 2 heteroatoms. The fourth-order valence-electron chi connectivity index (χ4n) is 2.28. The van der Waals surface area contributed by atoms with E-state index in [2.05, 4.69) is 73.0 Å². The summed E-state index contributed by atoms with van der Waals surface area (Å²) in [4.78, 5) is 2.62. The van der Waals surface area contributed by atoms with Crippen molar-refractivity contribution < 1.29 is 0 Å². The van der Waals surface area contributed by atoms with Gasteiger partial charge in [0, 0.05) is 11.1 Å². The molecule has 0 spiro atoms. The van der Waals surface area contributed by atoms with Crippen LogP contribution in [0.25, 0.3) is 0 Å². The Kier molecular flexibility index (Phi) is 5.25. The van der Waals surface area contributed by atoms with Crippen molar-refractivity contribution in [2.24, 2.45) is 0 Å². The van der Waals surface area contributed by atoms with Crippen LogP contribution in [0.2, 0.25) is 19.1 Å². The molecule has 0 rings (SSSR count). The summed E-state index contributed by atoms with van der Waals surface area (Å²) in [5, 5.41) is 1.42. The average molecular weight is 256 g/mol. The lowest BCUT2D eigenvalue weighted by Crippen LogP contribution is -2.54. The van der Waals surface area contributed by atoms with Crippen molar-refractivity contribution in [2.75, 3.05) is 6.54 Å². The largest absolute Gasteiger partial charge is 0.294 e. The zero-order valence-corrected chi connectivity index (χ0v) is 14.6. The molecule has 0 unspecified atom stereocenters. The van der Waals surface area contributed by atoms with Gasteiger partial charge in [0.05, 0.1) is 8.07 Å². The SMILES string of the molecule is C=C(C)[Si](C)(C)CCN(C(C)(C)C)C(C)(C)C. The number of allylic oxidation sites excluding steroid dienone is 1. The zero-order valence-electron chi connectivity index (χ0n) is 13.6. The van der Waals surface area contributed by atoms with Crippen LogP contribution >= 0.6 is 0 Å². The summed E-state index contributed by atoms with van der Waals surface area (Å²) < 4.78 is 0. The first-order chi connectivity index (χ1) is 7.28. The van der Waals surface area contributed by atoms with Gasteiger partial charge in [-0.15, -0.1) is 6.58 Å². The molecular weight excluding hydrogens is 222 g/mol. The monoisotopic (exact) mass is 255 g/mol. The van der Waals surface area contributed by atoms with Crippen LogP contribution in [0.4, 0.5) is 0 Å². The van der Waals surface area contributed by atoms with Crippen LogP contribution in [0.1, 0.15) is 48.5 Å². The fourth-order valence-corrected chi connectivity index (χ4v) is 3.49. The summed E-state index contributed by atoms with van der Waals surface area (Å²) in [6, 6.07) is 1.30. The van der Waals surface area contributed by atoms with Crippen LogP contribution < -0.4 is 0 Å². The van der Waals surface area contributed by atoms with E-state index in [-0.39, 0.29) is 11.1 Å². The van der Waals surface area contributed by atoms with Gasteiger partial charge in [-0.2, -0.15) is 0 Å². The fraction of sp³-hybridized carbons (Fsp3) is 0.867. The Labute approximate surface area is 110 Å². The van der Waals surface area contributed by atoms with Gasteiger partial charge in [-0.3, -0.25) is 4.90 Å². The second-order valence-corrected chi connectivity index (χ2v) is 13.0. The van der Waals surface area contributed by atoms with Crippen molar-refractivity contribution in [3.05, 3.63) is 11.8 Å². The minimum atomic E-state index is -1.24. The molecule has 102 valence electrons. The van der Waals surface area contributed by atoms with Crippen molar-refractivity contribution >= 4 is 8.07 Å². The number of hydrogen-bond acceptors (Lipinski definition) is 1. The molecule has 0 aromatic carbocycles. The summed E-state index contributed by atoms with van der Waals surface area (Å²) in [6.07, 6.45) is 0. The van der Waals surface area contributed by atoms with Crippen LogP contribution in [0.3, 0.4) is 0 Å². The van der Waals surface area contributed by atoms with E-state index in [1.54, 1.807) is 0 Å². The molecule has 0 N–H and O–H groups in total. The predicted molar refractivity (Wildman–Crippen MR) is 83.3 cm³/mol. The highest BCUT2D eigenvalue weighted by molar-refractivity contribution is 6.84. The third kappa shape index (κ3) is 5.39. The maximum Gasteiger partial charge on any atom is 0.0755 e. The van der Waals surface area contributed by atoms with E-state index < -0.39 is 8.07 Å². The summed E-state index contributed by atoms with van der Waals surface area (Å²) in [7, 11) is -1.24. The summed E-state index contributed by atoms with van der Waals surface area (Å²) in [5.74, 6) is 0. The smallest absolute Gasteiger partial charge is 0.0755 e. The van der Waals surface area contributed by atoms with Crippen LogP contribution in [-0.4, -0.2) is 30.6 Å². The van der Waals surface area contributed by atoms with Gasteiger partial charge in [0.15, 0.2) is 0 Å². The Morgan fingerprint density at radius 1 is 1.00 bits per heavy atom. The molecule has 0 heterocycles. The number of nitrogens with zero attached hydrogens (tertiary/aromatic N) is 1. The van der Waals surface area contributed by atoms with Gasteiger partial charge in [-0.25, -0.2) is 0 Å². The maximum atomic E-state index is 4.17.